The summed E-state index contributed by atoms with van der Waals surface area (Å²) in [7, 11) is -1.92. The van der Waals surface area contributed by atoms with Gasteiger partial charge in [-0.2, -0.15) is 0 Å². The Balaban J connectivity index is 1.76. The molecule has 0 bridgehead atoms. The van der Waals surface area contributed by atoms with Crippen molar-refractivity contribution in [3.05, 3.63) is 42.0 Å². The van der Waals surface area contributed by atoms with Crippen LogP contribution in [0.15, 0.2) is 45.0 Å². The molecule has 0 unspecified atom stereocenters. The molecule has 2 rings (SSSR count). The summed E-state index contributed by atoms with van der Waals surface area (Å²) in [5.74, 6) is 1.67. The van der Waals surface area contributed by atoms with Crippen molar-refractivity contribution >= 4 is 16.0 Å². The lowest BCUT2D eigenvalue weighted by atomic mass is 9.99. The number of hydrogen-bond donors (Lipinski definition) is 3. The Labute approximate surface area is 166 Å². The Hall–Kier alpha value is -2.46. The number of pyridine rings is 1. The highest BCUT2D eigenvalue weighted by atomic mass is 32.2. The highest BCUT2D eigenvalue weighted by molar-refractivity contribution is 7.89. The summed E-state index contributed by atoms with van der Waals surface area (Å²) in [5.41, 5.74) is 0.967. The number of sulfonamides is 1. The van der Waals surface area contributed by atoms with Gasteiger partial charge in [-0.1, -0.05) is 19.0 Å². The van der Waals surface area contributed by atoms with E-state index in [1.54, 1.807) is 13.1 Å². The molecule has 0 fully saturated rings. The first kappa shape index (κ1) is 21.8. The predicted molar refractivity (Wildman–Crippen MR) is 107 cm³/mol. The first-order chi connectivity index (χ1) is 13.5. The second-order valence-electron chi connectivity index (χ2n) is 6.17. The number of nitrogens with one attached hydrogen (secondary N) is 3. The molecular weight excluding hydrogens is 380 g/mol. The molecule has 2 aromatic heterocycles. The first-order valence-electron chi connectivity index (χ1n) is 9.29. The maximum absolute atomic E-state index is 12.1. The molecule has 2 aromatic rings. The molecule has 10 heteroatoms. The molecule has 3 N–H and O–H groups in total. The maximum Gasteiger partial charge on any atom is 0.242 e. The molecule has 2 heterocycles. The van der Waals surface area contributed by atoms with Gasteiger partial charge in [0.15, 0.2) is 11.7 Å². The molecule has 9 nitrogen and oxygen atoms in total. The van der Waals surface area contributed by atoms with E-state index in [9.17, 15) is 8.42 Å². The summed E-state index contributed by atoms with van der Waals surface area (Å²) >= 11 is 0. The van der Waals surface area contributed by atoms with Crippen molar-refractivity contribution in [1.29, 1.82) is 0 Å². The van der Waals surface area contributed by atoms with E-state index in [1.807, 2.05) is 6.07 Å². The zero-order valence-electron chi connectivity index (χ0n) is 16.5. The van der Waals surface area contributed by atoms with Crippen molar-refractivity contribution in [2.24, 2.45) is 4.99 Å². The smallest absolute Gasteiger partial charge is 0.242 e. The number of aliphatic imine (C=N–C) groups is 1. The van der Waals surface area contributed by atoms with E-state index in [4.69, 9.17) is 4.52 Å². The van der Waals surface area contributed by atoms with Crippen LogP contribution in [0.5, 0.6) is 0 Å². The van der Waals surface area contributed by atoms with Crippen molar-refractivity contribution in [3.8, 4) is 0 Å². The number of nitrogens with zero attached hydrogens (tertiary/aromatic N) is 3. The van der Waals surface area contributed by atoms with Crippen molar-refractivity contribution in [2.75, 3.05) is 20.1 Å². The summed E-state index contributed by atoms with van der Waals surface area (Å²) in [6.45, 7) is 5.28. The lowest BCUT2D eigenvalue weighted by Crippen LogP contribution is -2.41. The van der Waals surface area contributed by atoms with Gasteiger partial charge in [0.25, 0.3) is 0 Å². The first-order valence-corrected chi connectivity index (χ1v) is 10.8. The van der Waals surface area contributed by atoms with Gasteiger partial charge in [0.1, 0.15) is 4.90 Å². The largest absolute Gasteiger partial charge is 0.359 e. The number of aromatic nitrogens is 2. The molecular formula is C18H28N6O3S. The summed E-state index contributed by atoms with van der Waals surface area (Å²) < 4.78 is 32.1. The third kappa shape index (κ3) is 6.31. The third-order valence-electron chi connectivity index (χ3n) is 4.29. The van der Waals surface area contributed by atoms with Gasteiger partial charge in [-0.3, -0.25) is 9.98 Å². The van der Waals surface area contributed by atoms with Gasteiger partial charge in [-0.15, -0.1) is 0 Å². The summed E-state index contributed by atoms with van der Waals surface area (Å²) in [6.07, 6.45) is 4.88. The Morgan fingerprint density at radius 3 is 2.68 bits per heavy atom. The molecule has 0 aliphatic rings. The Kier molecular flexibility index (Phi) is 8.40. The number of rotatable bonds is 10. The van der Waals surface area contributed by atoms with E-state index in [2.05, 4.69) is 44.3 Å². The van der Waals surface area contributed by atoms with Crippen LogP contribution in [0, 0.1) is 0 Å². The molecule has 0 atom stereocenters. The average Bonchev–Trinajstić information content (AvgIpc) is 3.18. The minimum Gasteiger partial charge on any atom is -0.359 e. The molecule has 0 amide bonds. The second kappa shape index (κ2) is 10.8. The van der Waals surface area contributed by atoms with Crippen LogP contribution in [0.3, 0.4) is 0 Å². The SMILES string of the molecule is CCC(CC)c1cc(CNC(=NC)NCCNS(=O)(=O)c2cccnc2)on1. The summed E-state index contributed by atoms with van der Waals surface area (Å²) in [4.78, 5) is 8.07. The van der Waals surface area contributed by atoms with Crippen LogP contribution in [-0.2, 0) is 16.6 Å². The van der Waals surface area contributed by atoms with Gasteiger partial charge in [-0.05, 0) is 25.0 Å². The fraction of sp³-hybridized carbons (Fsp3) is 0.500. The van der Waals surface area contributed by atoms with E-state index >= 15 is 0 Å². The van der Waals surface area contributed by atoms with E-state index in [-0.39, 0.29) is 11.4 Å². The van der Waals surface area contributed by atoms with Crippen LogP contribution in [0.25, 0.3) is 0 Å². The van der Waals surface area contributed by atoms with Gasteiger partial charge < -0.3 is 15.2 Å². The van der Waals surface area contributed by atoms with Crippen LogP contribution in [0.1, 0.15) is 44.1 Å². The van der Waals surface area contributed by atoms with Crippen LogP contribution in [0.4, 0.5) is 0 Å². The molecule has 0 aromatic carbocycles. The molecule has 28 heavy (non-hydrogen) atoms. The molecule has 0 spiro atoms. The maximum atomic E-state index is 12.1. The number of guanidine groups is 1. The standard InChI is InChI=1S/C18H28N6O3S/c1-4-14(5-2)17-11-15(27-24-17)12-22-18(19-3)21-9-10-23-28(25,26)16-7-6-8-20-13-16/h6-8,11,13-14,23H,4-5,9-10,12H2,1-3H3,(H2,19,21,22). The molecule has 0 aliphatic heterocycles. The van der Waals surface area contributed by atoms with E-state index in [0.717, 1.165) is 24.3 Å². The van der Waals surface area contributed by atoms with Gasteiger partial charge >= 0.3 is 0 Å². The topological polar surface area (TPSA) is 122 Å². The Morgan fingerprint density at radius 2 is 2.04 bits per heavy atom. The fourth-order valence-corrected chi connectivity index (χ4v) is 3.65. The predicted octanol–water partition coefficient (Wildman–Crippen LogP) is 1.62. The van der Waals surface area contributed by atoms with E-state index in [1.165, 1.54) is 18.5 Å². The minimum atomic E-state index is -3.57. The molecule has 0 saturated heterocycles. The molecule has 0 saturated carbocycles. The molecule has 0 aliphatic carbocycles. The lowest BCUT2D eigenvalue weighted by molar-refractivity contribution is 0.368. The van der Waals surface area contributed by atoms with Gasteiger partial charge in [-0.25, -0.2) is 13.1 Å². The van der Waals surface area contributed by atoms with E-state index < -0.39 is 10.0 Å². The highest BCUT2D eigenvalue weighted by Crippen LogP contribution is 2.22. The third-order valence-corrected chi connectivity index (χ3v) is 5.74. The highest BCUT2D eigenvalue weighted by Gasteiger charge is 2.14. The van der Waals surface area contributed by atoms with Crippen molar-refractivity contribution in [3.63, 3.8) is 0 Å². The normalized spacial score (nSPS) is 12.4. The van der Waals surface area contributed by atoms with Crippen LogP contribution < -0.4 is 15.4 Å². The van der Waals surface area contributed by atoms with Gasteiger partial charge in [0.05, 0.1) is 12.2 Å². The second-order valence-corrected chi connectivity index (χ2v) is 7.94. The molecule has 0 radical (unpaired) electrons. The summed E-state index contributed by atoms with van der Waals surface area (Å²) in [5, 5.41) is 10.3. The van der Waals surface area contributed by atoms with Gasteiger partial charge in [0.2, 0.25) is 10.0 Å². The average molecular weight is 409 g/mol. The van der Waals surface area contributed by atoms with Crippen molar-refractivity contribution < 1.29 is 12.9 Å². The van der Waals surface area contributed by atoms with E-state index in [0.29, 0.717) is 25.0 Å². The lowest BCUT2D eigenvalue weighted by Gasteiger charge is -2.11. The van der Waals surface area contributed by atoms with Crippen LogP contribution >= 0.6 is 0 Å². The fourth-order valence-electron chi connectivity index (χ4n) is 2.66. The van der Waals surface area contributed by atoms with Gasteiger partial charge in [0, 0.05) is 44.5 Å². The summed E-state index contributed by atoms with van der Waals surface area (Å²) in [6, 6.07) is 5.03. The van der Waals surface area contributed by atoms with Crippen LogP contribution in [-0.4, -0.2) is 44.7 Å². The Morgan fingerprint density at radius 1 is 1.25 bits per heavy atom. The zero-order valence-corrected chi connectivity index (χ0v) is 17.3. The van der Waals surface area contributed by atoms with Crippen molar-refractivity contribution in [2.45, 2.75) is 44.0 Å². The van der Waals surface area contributed by atoms with Crippen LogP contribution in [0.2, 0.25) is 0 Å². The monoisotopic (exact) mass is 408 g/mol. The molecule has 154 valence electrons. The zero-order chi connectivity index (χ0) is 20.4. The number of hydrogen-bond acceptors (Lipinski definition) is 6. The quantitative estimate of drug-likeness (QED) is 0.310. The Bertz CT molecular complexity index is 847. The minimum absolute atomic E-state index is 0.135. The van der Waals surface area contributed by atoms with Crippen molar-refractivity contribution in [1.82, 2.24) is 25.5 Å².